The Morgan fingerprint density at radius 3 is 2.35 bits per heavy atom. The third-order valence-electron chi connectivity index (χ3n) is 3.10. The van der Waals surface area contributed by atoms with Gasteiger partial charge in [0.25, 0.3) is 10.0 Å². The van der Waals surface area contributed by atoms with Gasteiger partial charge >= 0.3 is 0 Å². The van der Waals surface area contributed by atoms with Crippen molar-refractivity contribution in [1.29, 1.82) is 0 Å². The number of benzene rings is 1. The van der Waals surface area contributed by atoms with E-state index < -0.39 is 10.0 Å². The van der Waals surface area contributed by atoms with Gasteiger partial charge < -0.3 is 5.32 Å². The SMILES string of the molecule is Cc1ccc(Nc2ccc(NS(=O)(=O)c3cccs3)cn2)cc1. The number of nitrogens with one attached hydrogen (secondary N) is 2. The third kappa shape index (κ3) is 3.88. The standard InChI is InChI=1S/C16H15N3O2S2/c1-12-4-6-13(7-5-12)18-15-9-8-14(11-17-15)19-23(20,21)16-3-2-10-22-16/h2-11,19H,1H3,(H,17,18). The summed E-state index contributed by atoms with van der Waals surface area (Å²) < 4.78 is 27.0. The number of anilines is 3. The molecule has 3 aromatic rings. The van der Waals surface area contributed by atoms with Gasteiger partial charge in [0.1, 0.15) is 10.0 Å². The van der Waals surface area contributed by atoms with E-state index in [0.717, 1.165) is 5.69 Å². The monoisotopic (exact) mass is 345 g/mol. The zero-order chi connectivity index (χ0) is 16.3. The van der Waals surface area contributed by atoms with E-state index in [1.165, 1.54) is 23.1 Å². The molecule has 0 saturated carbocycles. The summed E-state index contributed by atoms with van der Waals surface area (Å²) in [6, 6.07) is 14.6. The minimum atomic E-state index is -3.54. The van der Waals surface area contributed by atoms with Crippen LogP contribution in [-0.2, 0) is 10.0 Å². The molecule has 0 amide bonds. The second-order valence-corrected chi connectivity index (χ2v) is 7.82. The van der Waals surface area contributed by atoms with Crippen molar-refractivity contribution in [2.24, 2.45) is 0 Å². The van der Waals surface area contributed by atoms with Crippen LogP contribution in [-0.4, -0.2) is 13.4 Å². The number of aryl methyl sites for hydroxylation is 1. The number of thiophene rings is 1. The van der Waals surface area contributed by atoms with Gasteiger partial charge in [-0.1, -0.05) is 23.8 Å². The predicted molar refractivity (Wildman–Crippen MR) is 93.8 cm³/mol. The molecule has 118 valence electrons. The molecule has 23 heavy (non-hydrogen) atoms. The molecule has 0 radical (unpaired) electrons. The first-order valence-electron chi connectivity index (χ1n) is 6.89. The van der Waals surface area contributed by atoms with Crippen LogP contribution in [0.5, 0.6) is 0 Å². The minimum absolute atomic E-state index is 0.277. The molecule has 0 fully saturated rings. The number of nitrogens with zero attached hydrogens (tertiary/aromatic N) is 1. The Kier molecular flexibility index (Phi) is 4.31. The summed E-state index contributed by atoms with van der Waals surface area (Å²) in [7, 11) is -3.54. The van der Waals surface area contributed by atoms with E-state index in [9.17, 15) is 8.42 Å². The largest absolute Gasteiger partial charge is 0.340 e. The molecule has 3 rings (SSSR count). The van der Waals surface area contributed by atoms with Crippen molar-refractivity contribution in [1.82, 2.24) is 4.98 Å². The Morgan fingerprint density at radius 2 is 1.74 bits per heavy atom. The van der Waals surface area contributed by atoms with Crippen molar-refractivity contribution in [2.45, 2.75) is 11.1 Å². The van der Waals surface area contributed by atoms with Gasteiger partial charge in [-0.15, -0.1) is 11.3 Å². The smallest absolute Gasteiger partial charge is 0.271 e. The molecule has 0 bridgehead atoms. The van der Waals surface area contributed by atoms with E-state index in [-0.39, 0.29) is 4.21 Å². The van der Waals surface area contributed by atoms with Crippen LogP contribution < -0.4 is 10.0 Å². The summed E-state index contributed by atoms with van der Waals surface area (Å²) in [6.45, 7) is 2.02. The zero-order valence-corrected chi connectivity index (χ0v) is 14.0. The molecule has 2 aromatic heterocycles. The average molecular weight is 345 g/mol. The molecule has 0 aliphatic carbocycles. The predicted octanol–water partition coefficient (Wildman–Crippen LogP) is 4.00. The number of aromatic nitrogens is 1. The van der Waals surface area contributed by atoms with Crippen LogP contribution in [0.15, 0.2) is 64.3 Å². The van der Waals surface area contributed by atoms with Crippen molar-refractivity contribution < 1.29 is 8.42 Å². The molecule has 2 heterocycles. The molecular weight excluding hydrogens is 330 g/mol. The van der Waals surface area contributed by atoms with Gasteiger partial charge in [-0.3, -0.25) is 4.72 Å². The van der Waals surface area contributed by atoms with Crippen LogP contribution in [0.4, 0.5) is 17.2 Å². The first-order valence-corrected chi connectivity index (χ1v) is 9.25. The molecule has 0 spiro atoms. The van der Waals surface area contributed by atoms with Crippen molar-refractivity contribution in [2.75, 3.05) is 10.0 Å². The minimum Gasteiger partial charge on any atom is -0.340 e. The number of pyridine rings is 1. The third-order valence-corrected chi connectivity index (χ3v) is 5.88. The van der Waals surface area contributed by atoms with E-state index >= 15 is 0 Å². The van der Waals surface area contributed by atoms with E-state index in [1.54, 1.807) is 29.6 Å². The summed E-state index contributed by atoms with van der Waals surface area (Å²) >= 11 is 1.17. The van der Waals surface area contributed by atoms with Gasteiger partial charge in [0.15, 0.2) is 0 Å². The molecule has 0 unspecified atom stereocenters. The summed E-state index contributed by atoms with van der Waals surface area (Å²) in [4.78, 5) is 4.23. The van der Waals surface area contributed by atoms with Crippen LogP contribution >= 0.6 is 11.3 Å². The van der Waals surface area contributed by atoms with Crippen LogP contribution in [0.2, 0.25) is 0 Å². The van der Waals surface area contributed by atoms with Crippen molar-refractivity contribution in [3.63, 3.8) is 0 Å². The fourth-order valence-electron chi connectivity index (χ4n) is 1.93. The van der Waals surface area contributed by atoms with Gasteiger partial charge in [0, 0.05) is 5.69 Å². The summed E-state index contributed by atoms with van der Waals surface area (Å²) in [5.74, 6) is 0.646. The average Bonchev–Trinajstić information content (AvgIpc) is 3.07. The Hall–Kier alpha value is -2.38. The van der Waals surface area contributed by atoms with Crippen molar-refractivity contribution in [3.8, 4) is 0 Å². The lowest BCUT2D eigenvalue weighted by atomic mass is 10.2. The fourth-order valence-corrected chi connectivity index (χ4v) is 3.97. The maximum atomic E-state index is 12.1. The lowest BCUT2D eigenvalue weighted by Gasteiger charge is -2.08. The molecule has 2 N–H and O–H groups in total. The second-order valence-electron chi connectivity index (χ2n) is 4.96. The zero-order valence-electron chi connectivity index (χ0n) is 12.4. The highest BCUT2D eigenvalue weighted by atomic mass is 32.2. The highest BCUT2D eigenvalue weighted by Gasteiger charge is 2.15. The molecule has 5 nitrogen and oxygen atoms in total. The lowest BCUT2D eigenvalue weighted by molar-refractivity contribution is 0.603. The summed E-state index contributed by atoms with van der Waals surface area (Å²) in [6.07, 6.45) is 1.49. The van der Waals surface area contributed by atoms with Crippen LogP contribution in [0, 0.1) is 6.92 Å². The van der Waals surface area contributed by atoms with Gasteiger partial charge in [-0.2, -0.15) is 0 Å². The Morgan fingerprint density at radius 1 is 1.00 bits per heavy atom. The first kappa shape index (κ1) is 15.5. The molecule has 0 aliphatic rings. The van der Waals surface area contributed by atoms with Crippen molar-refractivity contribution in [3.05, 3.63) is 65.7 Å². The topological polar surface area (TPSA) is 71.1 Å². The molecule has 1 aromatic carbocycles. The maximum Gasteiger partial charge on any atom is 0.271 e. The normalized spacial score (nSPS) is 11.2. The Balaban J connectivity index is 1.71. The number of hydrogen-bond acceptors (Lipinski definition) is 5. The number of rotatable bonds is 5. The molecule has 7 heteroatoms. The van der Waals surface area contributed by atoms with E-state index in [2.05, 4.69) is 15.0 Å². The molecule has 0 atom stereocenters. The van der Waals surface area contributed by atoms with E-state index in [1.807, 2.05) is 31.2 Å². The first-order chi connectivity index (χ1) is 11.0. The van der Waals surface area contributed by atoms with Gasteiger partial charge in [-0.05, 0) is 42.6 Å². The number of hydrogen-bond donors (Lipinski definition) is 2. The quantitative estimate of drug-likeness (QED) is 0.733. The van der Waals surface area contributed by atoms with Crippen LogP contribution in [0.3, 0.4) is 0 Å². The summed E-state index contributed by atoms with van der Waals surface area (Å²) in [5.41, 5.74) is 2.53. The maximum absolute atomic E-state index is 12.1. The highest BCUT2D eigenvalue weighted by molar-refractivity contribution is 7.94. The molecule has 0 saturated heterocycles. The van der Waals surface area contributed by atoms with Gasteiger partial charge in [0.05, 0.1) is 11.9 Å². The Labute approximate surface area is 139 Å². The van der Waals surface area contributed by atoms with E-state index in [4.69, 9.17) is 0 Å². The second kappa shape index (κ2) is 6.39. The highest BCUT2D eigenvalue weighted by Crippen LogP contribution is 2.21. The number of sulfonamides is 1. The van der Waals surface area contributed by atoms with E-state index in [0.29, 0.717) is 11.5 Å². The van der Waals surface area contributed by atoms with Gasteiger partial charge in [0.2, 0.25) is 0 Å². The Bertz CT molecular complexity index is 872. The lowest BCUT2D eigenvalue weighted by Crippen LogP contribution is -2.11. The molecular formula is C16H15N3O2S2. The summed E-state index contributed by atoms with van der Waals surface area (Å²) in [5, 5.41) is 4.89. The van der Waals surface area contributed by atoms with Crippen LogP contribution in [0.25, 0.3) is 0 Å². The van der Waals surface area contributed by atoms with Crippen LogP contribution in [0.1, 0.15) is 5.56 Å². The molecule has 0 aliphatic heterocycles. The van der Waals surface area contributed by atoms with Gasteiger partial charge in [-0.25, -0.2) is 13.4 Å². The fraction of sp³-hybridized carbons (Fsp3) is 0.0625. The van der Waals surface area contributed by atoms with Crippen molar-refractivity contribution >= 4 is 38.6 Å².